The molecule has 0 heterocycles. The van der Waals surface area contributed by atoms with Crippen LogP contribution in [-0.4, -0.2) is 26.7 Å². The van der Waals surface area contributed by atoms with E-state index in [1.165, 1.54) is 12.1 Å². The molecular weight excluding hydrogens is 360 g/mol. The molecular formula is C17H20N2O4S2. The first-order chi connectivity index (χ1) is 11.9. The van der Waals surface area contributed by atoms with Crippen molar-refractivity contribution in [3.63, 3.8) is 0 Å². The Morgan fingerprint density at radius 2 is 1.84 bits per heavy atom. The zero-order valence-electron chi connectivity index (χ0n) is 13.8. The average molecular weight is 380 g/mol. The minimum Gasteiger partial charge on any atom is -0.493 e. The number of benzene rings is 2. The number of nitrogens with one attached hydrogen (secondary N) is 1. The molecule has 0 unspecified atom stereocenters. The Balaban J connectivity index is 2.02. The van der Waals surface area contributed by atoms with Gasteiger partial charge in [-0.1, -0.05) is 18.2 Å². The molecule has 0 aliphatic carbocycles. The second-order valence-electron chi connectivity index (χ2n) is 5.33. The molecule has 0 bridgehead atoms. The molecule has 0 spiro atoms. The lowest BCUT2D eigenvalue weighted by Gasteiger charge is -2.11. The normalized spacial score (nSPS) is 10.9. The van der Waals surface area contributed by atoms with Crippen molar-refractivity contribution in [1.29, 1.82) is 0 Å². The number of hydrogen-bond acceptors (Lipinski definition) is 5. The van der Waals surface area contributed by atoms with Gasteiger partial charge in [0.25, 0.3) is 0 Å². The number of thiocarbonyl (C=S) groups is 1. The molecule has 0 saturated heterocycles. The minimum absolute atomic E-state index is 0.0998. The molecule has 0 aliphatic rings. The fourth-order valence-electron chi connectivity index (χ4n) is 2.08. The fraction of sp³-hybridized carbons (Fsp3) is 0.235. The van der Waals surface area contributed by atoms with E-state index in [0.717, 1.165) is 5.56 Å². The summed E-state index contributed by atoms with van der Waals surface area (Å²) in [6, 6.07) is 13.0. The monoisotopic (exact) mass is 380 g/mol. The molecule has 0 radical (unpaired) electrons. The van der Waals surface area contributed by atoms with Crippen LogP contribution in [0.15, 0.2) is 53.4 Å². The molecule has 0 fully saturated rings. The molecule has 0 atom stereocenters. The van der Waals surface area contributed by atoms with Crippen molar-refractivity contribution in [3.8, 4) is 11.5 Å². The number of aryl methyl sites for hydroxylation is 1. The van der Waals surface area contributed by atoms with Crippen LogP contribution < -0.4 is 20.0 Å². The third-order valence-electron chi connectivity index (χ3n) is 3.15. The van der Waals surface area contributed by atoms with Crippen LogP contribution in [0.1, 0.15) is 12.0 Å². The van der Waals surface area contributed by atoms with Gasteiger partial charge in [-0.15, -0.1) is 0 Å². The molecule has 0 amide bonds. The maximum atomic E-state index is 12.3. The molecule has 0 aliphatic heterocycles. The zero-order chi connectivity index (χ0) is 18.3. The maximum Gasteiger partial charge on any atom is 0.339 e. The number of ether oxygens (including phenoxy) is 1. The highest BCUT2D eigenvalue weighted by Gasteiger charge is 2.16. The first-order valence-corrected chi connectivity index (χ1v) is 9.46. The van der Waals surface area contributed by atoms with Gasteiger partial charge in [-0.05, 0) is 55.4 Å². The van der Waals surface area contributed by atoms with Crippen LogP contribution >= 0.6 is 12.2 Å². The van der Waals surface area contributed by atoms with Crippen molar-refractivity contribution in [3.05, 3.63) is 54.1 Å². The van der Waals surface area contributed by atoms with Crippen LogP contribution in [0.5, 0.6) is 11.5 Å². The highest BCUT2D eigenvalue weighted by molar-refractivity contribution is 7.87. The summed E-state index contributed by atoms with van der Waals surface area (Å²) < 4.78 is 35.4. The summed E-state index contributed by atoms with van der Waals surface area (Å²) in [5.41, 5.74) is 6.17. The van der Waals surface area contributed by atoms with E-state index in [1.54, 1.807) is 30.3 Å². The summed E-state index contributed by atoms with van der Waals surface area (Å²) in [4.78, 5) is 0.0998. The Labute approximate surface area is 153 Å². The van der Waals surface area contributed by atoms with Crippen molar-refractivity contribution in [2.24, 2.45) is 5.73 Å². The molecule has 0 aromatic heterocycles. The number of rotatable bonds is 8. The maximum absolute atomic E-state index is 12.3. The first kappa shape index (κ1) is 19.0. The van der Waals surface area contributed by atoms with Crippen molar-refractivity contribution < 1.29 is 17.3 Å². The second-order valence-corrected chi connectivity index (χ2v) is 7.31. The van der Waals surface area contributed by atoms with Gasteiger partial charge in [0.1, 0.15) is 16.4 Å². The van der Waals surface area contributed by atoms with E-state index in [4.69, 9.17) is 26.9 Å². The summed E-state index contributed by atoms with van der Waals surface area (Å²) in [6.45, 7) is 2.88. The Hall–Kier alpha value is -2.32. The molecule has 8 heteroatoms. The van der Waals surface area contributed by atoms with Gasteiger partial charge < -0.3 is 20.0 Å². The zero-order valence-corrected chi connectivity index (χ0v) is 15.4. The summed E-state index contributed by atoms with van der Waals surface area (Å²) in [7, 11) is -3.88. The smallest absolute Gasteiger partial charge is 0.339 e. The van der Waals surface area contributed by atoms with Gasteiger partial charge in [-0.25, -0.2) is 0 Å². The minimum atomic E-state index is -3.88. The molecule has 3 N–H and O–H groups in total. The standard InChI is InChI=1S/C17H20N2O4S2/c1-13-10-14(22-9-5-8-19-17(18)24)12-15(11-13)23-25(20,21)16-6-3-2-4-7-16/h2-4,6-7,10-12H,5,8-9H2,1H3,(H3,18,19,24). The molecule has 2 aromatic rings. The summed E-state index contributed by atoms with van der Waals surface area (Å²) >= 11 is 4.72. The van der Waals surface area contributed by atoms with Crippen molar-refractivity contribution in [1.82, 2.24) is 5.32 Å². The molecule has 25 heavy (non-hydrogen) atoms. The van der Waals surface area contributed by atoms with Crippen molar-refractivity contribution in [2.45, 2.75) is 18.2 Å². The Kier molecular flexibility index (Phi) is 6.60. The van der Waals surface area contributed by atoms with E-state index in [1.807, 2.05) is 13.0 Å². The SMILES string of the molecule is Cc1cc(OCCCNC(N)=S)cc(OS(=O)(=O)c2ccccc2)c1. The predicted molar refractivity (Wildman–Crippen MR) is 100 cm³/mol. The Bertz CT molecular complexity index is 824. The Morgan fingerprint density at radius 3 is 2.52 bits per heavy atom. The third-order valence-corrected chi connectivity index (χ3v) is 4.56. The molecule has 2 aromatic carbocycles. The second kappa shape index (κ2) is 8.68. The van der Waals surface area contributed by atoms with Gasteiger partial charge in [-0.2, -0.15) is 8.42 Å². The van der Waals surface area contributed by atoms with E-state index in [0.29, 0.717) is 25.3 Å². The molecule has 134 valence electrons. The summed E-state index contributed by atoms with van der Waals surface area (Å²) in [5, 5.41) is 3.08. The third kappa shape index (κ3) is 6.24. The number of nitrogens with two attached hydrogens (primary N) is 1. The lowest BCUT2D eigenvalue weighted by molar-refractivity contribution is 0.310. The quantitative estimate of drug-likeness (QED) is 0.413. The van der Waals surface area contributed by atoms with Gasteiger partial charge >= 0.3 is 10.1 Å². The molecule has 0 saturated carbocycles. The van der Waals surface area contributed by atoms with Crippen LogP contribution in [0.25, 0.3) is 0 Å². The average Bonchev–Trinajstić information content (AvgIpc) is 2.54. The van der Waals surface area contributed by atoms with Gasteiger partial charge in [0, 0.05) is 12.6 Å². The van der Waals surface area contributed by atoms with E-state index in [9.17, 15) is 8.42 Å². The van der Waals surface area contributed by atoms with E-state index in [2.05, 4.69) is 5.32 Å². The first-order valence-electron chi connectivity index (χ1n) is 7.64. The van der Waals surface area contributed by atoms with E-state index < -0.39 is 10.1 Å². The molecule has 2 rings (SSSR count). The van der Waals surface area contributed by atoms with E-state index >= 15 is 0 Å². The molecule has 6 nitrogen and oxygen atoms in total. The van der Waals surface area contributed by atoms with Crippen LogP contribution in [0.3, 0.4) is 0 Å². The Morgan fingerprint density at radius 1 is 1.16 bits per heavy atom. The highest BCUT2D eigenvalue weighted by atomic mass is 32.2. The van der Waals surface area contributed by atoms with Crippen LogP contribution in [0, 0.1) is 6.92 Å². The lowest BCUT2D eigenvalue weighted by atomic mass is 10.2. The summed E-state index contributed by atoms with van der Waals surface area (Å²) in [5.74, 6) is 0.744. The van der Waals surface area contributed by atoms with Crippen LogP contribution in [0.2, 0.25) is 0 Å². The van der Waals surface area contributed by atoms with Crippen molar-refractivity contribution in [2.75, 3.05) is 13.2 Å². The summed E-state index contributed by atoms with van der Waals surface area (Å²) in [6.07, 6.45) is 0.698. The predicted octanol–water partition coefficient (Wildman–Crippen LogP) is 2.36. The van der Waals surface area contributed by atoms with E-state index in [-0.39, 0.29) is 15.8 Å². The van der Waals surface area contributed by atoms with Crippen LogP contribution in [0.4, 0.5) is 0 Å². The lowest BCUT2D eigenvalue weighted by Crippen LogP contribution is -2.30. The van der Waals surface area contributed by atoms with Gasteiger partial charge in [-0.3, -0.25) is 0 Å². The van der Waals surface area contributed by atoms with Gasteiger partial charge in [0.2, 0.25) is 0 Å². The van der Waals surface area contributed by atoms with Gasteiger partial charge in [0.05, 0.1) is 6.61 Å². The van der Waals surface area contributed by atoms with Crippen molar-refractivity contribution >= 4 is 27.4 Å². The highest BCUT2D eigenvalue weighted by Crippen LogP contribution is 2.25. The van der Waals surface area contributed by atoms with Gasteiger partial charge in [0.15, 0.2) is 5.11 Å². The topological polar surface area (TPSA) is 90.7 Å². The fourth-order valence-corrected chi connectivity index (χ4v) is 3.12. The largest absolute Gasteiger partial charge is 0.493 e. The van der Waals surface area contributed by atoms with Crippen LogP contribution in [-0.2, 0) is 10.1 Å². The number of hydrogen-bond donors (Lipinski definition) is 2.